The molecule has 3 aromatic rings. The molecule has 0 N–H and O–H groups in total. The molecule has 0 spiro atoms. The van der Waals surface area contributed by atoms with Crippen LogP contribution in [0.4, 0.5) is 0 Å². The second kappa shape index (κ2) is 4.98. The second-order valence-electron chi connectivity index (χ2n) is 5.44. The lowest BCUT2D eigenvalue weighted by atomic mass is 10.1. The van der Waals surface area contributed by atoms with E-state index >= 15 is 0 Å². The van der Waals surface area contributed by atoms with E-state index < -0.39 is 0 Å². The molecule has 112 valence electrons. The highest BCUT2D eigenvalue weighted by molar-refractivity contribution is 5.81. The van der Waals surface area contributed by atoms with Gasteiger partial charge in [-0.3, -0.25) is 4.79 Å². The lowest BCUT2D eigenvalue weighted by molar-refractivity contribution is -0.127. The van der Waals surface area contributed by atoms with Gasteiger partial charge in [-0.2, -0.15) is 4.98 Å². The first kappa shape index (κ1) is 13.1. The molecular formula is C16H15N3O3. The second-order valence-corrected chi connectivity index (χ2v) is 5.44. The normalized spacial score (nSPS) is 18.5. The number of fused-ring (bicyclic) bond motifs is 1. The molecule has 6 heteroatoms. The zero-order chi connectivity index (χ0) is 15.1. The maximum Gasteiger partial charge on any atom is 0.238 e. The quantitative estimate of drug-likeness (QED) is 0.743. The van der Waals surface area contributed by atoms with Crippen molar-refractivity contribution >= 4 is 16.9 Å². The monoisotopic (exact) mass is 297 g/mol. The number of carbonyl (C=O) groups excluding carboxylic acids is 1. The predicted octanol–water partition coefficient (Wildman–Crippen LogP) is 2.82. The van der Waals surface area contributed by atoms with Crippen LogP contribution in [0.3, 0.4) is 0 Å². The van der Waals surface area contributed by atoms with Gasteiger partial charge in [0.1, 0.15) is 5.58 Å². The van der Waals surface area contributed by atoms with E-state index in [1.54, 1.807) is 4.90 Å². The standard InChI is InChI=1S/C16H15N3O3/c1-2-19-9-11(8-14(19)20)16-17-15(18-22-16)13-7-10-5-3-4-6-12(10)21-13/h3-7,11H,2,8-9H2,1H3/t11-/m0/s1. The van der Waals surface area contributed by atoms with Crippen molar-refractivity contribution in [3.63, 3.8) is 0 Å². The van der Waals surface area contributed by atoms with E-state index in [4.69, 9.17) is 8.94 Å². The Labute approximate surface area is 126 Å². The van der Waals surface area contributed by atoms with Crippen LogP contribution >= 0.6 is 0 Å². The third kappa shape index (κ3) is 2.07. The summed E-state index contributed by atoms with van der Waals surface area (Å²) in [6.45, 7) is 3.31. The third-order valence-electron chi connectivity index (χ3n) is 4.03. The first-order valence-corrected chi connectivity index (χ1v) is 7.35. The van der Waals surface area contributed by atoms with Crippen molar-refractivity contribution < 1.29 is 13.7 Å². The van der Waals surface area contributed by atoms with Crippen molar-refractivity contribution in [2.75, 3.05) is 13.1 Å². The van der Waals surface area contributed by atoms with Gasteiger partial charge in [-0.25, -0.2) is 0 Å². The van der Waals surface area contributed by atoms with E-state index in [1.807, 2.05) is 37.3 Å². The molecule has 1 aliphatic rings. The van der Waals surface area contributed by atoms with Gasteiger partial charge in [0.25, 0.3) is 0 Å². The van der Waals surface area contributed by atoms with Gasteiger partial charge in [-0.1, -0.05) is 23.4 Å². The van der Waals surface area contributed by atoms with Gasteiger partial charge < -0.3 is 13.8 Å². The smallest absolute Gasteiger partial charge is 0.238 e. The van der Waals surface area contributed by atoms with Crippen molar-refractivity contribution in [1.82, 2.24) is 15.0 Å². The number of hydrogen-bond donors (Lipinski definition) is 0. The summed E-state index contributed by atoms with van der Waals surface area (Å²) in [5, 5.41) is 4.99. The van der Waals surface area contributed by atoms with Gasteiger partial charge in [0.15, 0.2) is 5.76 Å². The molecule has 0 unspecified atom stereocenters. The molecule has 22 heavy (non-hydrogen) atoms. The number of para-hydroxylation sites is 1. The highest BCUT2D eigenvalue weighted by Crippen LogP contribution is 2.30. The van der Waals surface area contributed by atoms with E-state index in [-0.39, 0.29) is 11.8 Å². The van der Waals surface area contributed by atoms with Crippen LogP contribution in [0.5, 0.6) is 0 Å². The number of carbonyl (C=O) groups is 1. The largest absolute Gasteiger partial charge is 0.453 e. The average Bonchev–Trinajstić information content (AvgIpc) is 3.23. The molecule has 1 aliphatic heterocycles. The summed E-state index contributed by atoms with van der Waals surface area (Å²) in [7, 11) is 0. The van der Waals surface area contributed by atoms with E-state index in [0.717, 1.165) is 11.0 Å². The summed E-state index contributed by atoms with van der Waals surface area (Å²) in [6, 6.07) is 9.63. The first-order chi connectivity index (χ1) is 10.7. The Morgan fingerprint density at radius 3 is 3.00 bits per heavy atom. The van der Waals surface area contributed by atoms with Gasteiger partial charge in [0.05, 0.1) is 5.92 Å². The van der Waals surface area contributed by atoms with Crippen LogP contribution in [0.1, 0.15) is 25.2 Å². The average molecular weight is 297 g/mol. The number of aromatic nitrogens is 2. The lowest BCUT2D eigenvalue weighted by Crippen LogP contribution is -2.24. The van der Waals surface area contributed by atoms with Gasteiger partial charge >= 0.3 is 0 Å². The zero-order valence-corrected chi connectivity index (χ0v) is 12.2. The van der Waals surface area contributed by atoms with Gasteiger partial charge in [0, 0.05) is 24.9 Å². The van der Waals surface area contributed by atoms with E-state index in [9.17, 15) is 4.79 Å². The Balaban J connectivity index is 1.63. The fourth-order valence-corrected chi connectivity index (χ4v) is 2.84. The molecule has 6 nitrogen and oxygen atoms in total. The van der Waals surface area contributed by atoms with Gasteiger partial charge in [0.2, 0.25) is 17.6 Å². The molecular weight excluding hydrogens is 282 g/mol. The van der Waals surface area contributed by atoms with Crippen LogP contribution < -0.4 is 0 Å². The van der Waals surface area contributed by atoms with Crippen LogP contribution in [-0.4, -0.2) is 34.0 Å². The Morgan fingerprint density at radius 1 is 1.36 bits per heavy atom. The Hall–Kier alpha value is -2.63. The van der Waals surface area contributed by atoms with E-state index in [1.165, 1.54) is 0 Å². The number of likely N-dealkylation sites (tertiary alicyclic amines) is 1. The topological polar surface area (TPSA) is 72.4 Å². The van der Waals surface area contributed by atoms with Crippen LogP contribution in [-0.2, 0) is 4.79 Å². The molecule has 1 atom stereocenters. The lowest BCUT2D eigenvalue weighted by Gasteiger charge is -2.11. The fourth-order valence-electron chi connectivity index (χ4n) is 2.84. The summed E-state index contributed by atoms with van der Waals surface area (Å²) in [5.74, 6) is 1.61. The van der Waals surface area contributed by atoms with Gasteiger partial charge in [-0.05, 0) is 19.1 Å². The maximum absolute atomic E-state index is 11.8. The highest BCUT2D eigenvalue weighted by atomic mass is 16.5. The summed E-state index contributed by atoms with van der Waals surface area (Å²) in [4.78, 5) is 18.0. The first-order valence-electron chi connectivity index (χ1n) is 7.35. The van der Waals surface area contributed by atoms with Crippen molar-refractivity contribution in [1.29, 1.82) is 0 Å². The number of nitrogens with zero attached hydrogens (tertiary/aromatic N) is 3. The molecule has 0 aliphatic carbocycles. The number of rotatable bonds is 3. The minimum atomic E-state index is -0.0296. The summed E-state index contributed by atoms with van der Waals surface area (Å²) in [5.41, 5.74) is 0.789. The molecule has 0 bridgehead atoms. The number of benzene rings is 1. The fraction of sp³-hybridized carbons (Fsp3) is 0.312. The number of amides is 1. The molecule has 1 aromatic carbocycles. The van der Waals surface area contributed by atoms with Crippen LogP contribution in [0.15, 0.2) is 39.3 Å². The number of likely N-dealkylation sites (N-methyl/N-ethyl adjacent to an activating group) is 1. The Bertz CT molecular complexity index is 803. The van der Waals surface area contributed by atoms with Crippen LogP contribution in [0.25, 0.3) is 22.6 Å². The summed E-state index contributed by atoms with van der Waals surface area (Å²) < 4.78 is 11.1. The molecule has 1 saturated heterocycles. The van der Waals surface area contributed by atoms with Gasteiger partial charge in [-0.15, -0.1) is 0 Å². The molecule has 1 fully saturated rings. The van der Waals surface area contributed by atoms with Crippen LogP contribution in [0.2, 0.25) is 0 Å². The Morgan fingerprint density at radius 2 is 2.23 bits per heavy atom. The molecule has 3 heterocycles. The van der Waals surface area contributed by atoms with Crippen molar-refractivity contribution in [2.45, 2.75) is 19.3 Å². The van der Waals surface area contributed by atoms with Crippen molar-refractivity contribution in [3.8, 4) is 11.6 Å². The third-order valence-corrected chi connectivity index (χ3v) is 4.03. The molecule has 2 aromatic heterocycles. The molecule has 1 amide bonds. The predicted molar refractivity (Wildman–Crippen MR) is 79.1 cm³/mol. The number of hydrogen-bond acceptors (Lipinski definition) is 5. The highest BCUT2D eigenvalue weighted by Gasteiger charge is 2.33. The SMILES string of the molecule is CCN1C[C@@H](c2nc(-c3cc4ccccc4o3)no2)CC1=O. The summed E-state index contributed by atoms with van der Waals surface area (Å²) in [6.07, 6.45) is 0.426. The number of furan rings is 1. The minimum absolute atomic E-state index is 0.0296. The van der Waals surface area contributed by atoms with Crippen molar-refractivity contribution in [2.24, 2.45) is 0 Å². The summed E-state index contributed by atoms with van der Waals surface area (Å²) >= 11 is 0. The van der Waals surface area contributed by atoms with E-state index in [0.29, 0.717) is 37.0 Å². The zero-order valence-electron chi connectivity index (χ0n) is 12.2. The molecule has 4 rings (SSSR count). The Kier molecular flexibility index (Phi) is 2.96. The minimum Gasteiger partial charge on any atom is -0.453 e. The van der Waals surface area contributed by atoms with Crippen LogP contribution in [0, 0.1) is 0 Å². The van der Waals surface area contributed by atoms with E-state index in [2.05, 4.69) is 10.1 Å². The molecule has 0 radical (unpaired) electrons. The van der Waals surface area contributed by atoms with Crippen molar-refractivity contribution in [3.05, 3.63) is 36.2 Å². The molecule has 0 saturated carbocycles. The maximum atomic E-state index is 11.8.